The predicted molar refractivity (Wildman–Crippen MR) is 38.9 cm³/mol. The number of nitrogens with zero attached hydrogens (tertiary/aromatic N) is 1. The van der Waals surface area contributed by atoms with Gasteiger partial charge in [0, 0.05) is 7.11 Å². The van der Waals surface area contributed by atoms with E-state index in [2.05, 4.69) is 0 Å². The van der Waals surface area contributed by atoms with E-state index in [-0.39, 0.29) is 11.6 Å². The Hall–Kier alpha value is -0.770. The quantitative estimate of drug-likeness (QED) is 0.388. The lowest BCUT2D eigenvalue weighted by atomic mass is 9.97. The van der Waals surface area contributed by atoms with Crippen LogP contribution < -0.4 is 5.73 Å². The van der Waals surface area contributed by atoms with Crippen molar-refractivity contribution < 1.29 is 4.74 Å². The Morgan fingerprint density at radius 1 is 1.70 bits per heavy atom. The van der Waals surface area contributed by atoms with E-state index in [1.54, 1.807) is 12.0 Å². The highest BCUT2D eigenvalue weighted by molar-refractivity contribution is 5.75. The van der Waals surface area contributed by atoms with Gasteiger partial charge in [-0.15, -0.1) is 0 Å². The highest BCUT2D eigenvalue weighted by Crippen LogP contribution is 2.22. The number of hydrogen-bond donors (Lipinski definition) is 2. The molecule has 58 valence electrons. The molecule has 1 aliphatic heterocycles. The van der Waals surface area contributed by atoms with Crippen LogP contribution in [0.2, 0.25) is 0 Å². The van der Waals surface area contributed by atoms with Gasteiger partial charge in [-0.2, -0.15) is 0 Å². The van der Waals surface area contributed by atoms with Gasteiger partial charge in [0.15, 0.2) is 5.96 Å². The molecule has 1 aliphatic rings. The standard InChI is InChI=1S/C6H13N3O/c1-6(10-2)3-9(4-6)5(7)8/h3-4H2,1-2H3,(H3,7,8). The Balaban J connectivity index is 2.36. The summed E-state index contributed by atoms with van der Waals surface area (Å²) in [6.07, 6.45) is 0. The van der Waals surface area contributed by atoms with E-state index in [0.717, 1.165) is 13.1 Å². The first-order valence-electron chi connectivity index (χ1n) is 3.21. The largest absolute Gasteiger partial charge is 0.375 e. The molecule has 0 radical (unpaired) electrons. The zero-order valence-corrected chi connectivity index (χ0v) is 6.35. The molecular weight excluding hydrogens is 130 g/mol. The van der Waals surface area contributed by atoms with Crippen LogP contribution in [0.5, 0.6) is 0 Å². The van der Waals surface area contributed by atoms with Crippen LogP contribution in [0.1, 0.15) is 6.92 Å². The fourth-order valence-corrected chi connectivity index (χ4v) is 1.06. The predicted octanol–water partition coefficient (Wildman–Crippen LogP) is -0.399. The van der Waals surface area contributed by atoms with Gasteiger partial charge in [-0.1, -0.05) is 0 Å². The first kappa shape index (κ1) is 7.34. The topological polar surface area (TPSA) is 62.3 Å². The summed E-state index contributed by atoms with van der Waals surface area (Å²) in [7, 11) is 1.68. The summed E-state index contributed by atoms with van der Waals surface area (Å²) in [5.74, 6) is 0.134. The van der Waals surface area contributed by atoms with Gasteiger partial charge in [0.25, 0.3) is 0 Å². The summed E-state index contributed by atoms with van der Waals surface area (Å²) in [5.41, 5.74) is 5.15. The van der Waals surface area contributed by atoms with Crippen molar-refractivity contribution in [2.24, 2.45) is 5.73 Å². The van der Waals surface area contributed by atoms with Crippen LogP contribution in [0.3, 0.4) is 0 Å². The van der Waals surface area contributed by atoms with Crippen molar-refractivity contribution in [1.82, 2.24) is 4.90 Å². The summed E-state index contributed by atoms with van der Waals surface area (Å²) in [6.45, 7) is 3.48. The fourth-order valence-electron chi connectivity index (χ4n) is 1.06. The second-order valence-electron chi connectivity index (χ2n) is 2.90. The van der Waals surface area contributed by atoms with Gasteiger partial charge in [-0.05, 0) is 6.92 Å². The van der Waals surface area contributed by atoms with Gasteiger partial charge in [-0.25, -0.2) is 0 Å². The molecule has 1 rings (SSSR count). The molecule has 0 aromatic heterocycles. The van der Waals surface area contributed by atoms with E-state index in [1.165, 1.54) is 0 Å². The molecule has 0 atom stereocenters. The number of methoxy groups -OCH3 is 1. The number of hydrogen-bond acceptors (Lipinski definition) is 2. The third-order valence-electron chi connectivity index (χ3n) is 1.88. The smallest absolute Gasteiger partial charge is 0.188 e. The molecule has 10 heavy (non-hydrogen) atoms. The van der Waals surface area contributed by atoms with Gasteiger partial charge in [-0.3, -0.25) is 5.41 Å². The molecule has 4 heteroatoms. The van der Waals surface area contributed by atoms with Gasteiger partial charge >= 0.3 is 0 Å². The van der Waals surface area contributed by atoms with Crippen molar-refractivity contribution in [2.75, 3.05) is 20.2 Å². The lowest BCUT2D eigenvalue weighted by Crippen LogP contribution is -2.64. The minimum atomic E-state index is -0.0777. The molecule has 0 bridgehead atoms. The number of likely N-dealkylation sites (tertiary alicyclic amines) is 1. The van der Waals surface area contributed by atoms with Crippen molar-refractivity contribution in [3.8, 4) is 0 Å². The molecule has 0 aromatic carbocycles. The van der Waals surface area contributed by atoms with Crippen LogP contribution in [0.4, 0.5) is 0 Å². The minimum Gasteiger partial charge on any atom is -0.375 e. The summed E-state index contributed by atoms with van der Waals surface area (Å²) in [5, 5.41) is 7.05. The van der Waals surface area contributed by atoms with Crippen molar-refractivity contribution in [3.63, 3.8) is 0 Å². The van der Waals surface area contributed by atoms with E-state index in [0.29, 0.717) is 0 Å². The summed E-state index contributed by atoms with van der Waals surface area (Å²) in [4.78, 5) is 1.77. The fraction of sp³-hybridized carbons (Fsp3) is 0.833. The van der Waals surface area contributed by atoms with Crippen LogP contribution in [0, 0.1) is 5.41 Å². The molecule has 0 unspecified atom stereocenters. The second-order valence-corrected chi connectivity index (χ2v) is 2.90. The van der Waals surface area contributed by atoms with Gasteiger partial charge < -0.3 is 15.4 Å². The highest BCUT2D eigenvalue weighted by Gasteiger charge is 2.39. The Bertz CT molecular complexity index is 151. The third-order valence-corrected chi connectivity index (χ3v) is 1.88. The Labute approximate surface area is 60.5 Å². The normalized spacial score (nSPS) is 22.0. The first-order chi connectivity index (χ1) is 4.57. The molecule has 0 amide bonds. The van der Waals surface area contributed by atoms with E-state index < -0.39 is 0 Å². The molecule has 0 saturated carbocycles. The number of nitrogens with one attached hydrogen (secondary N) is 1. The SMILES string of the molecule is COC1(C)CN(C(=N)N)C1. The minimum absolute atomic E-state index is 0.0777. The lowest BCUT2D eigenvalue weighted by Gasteiger charge is -2.46. The number of guanidine groups is 1. The molecule has 1 fully saturated rings. The van der Waals surface area contributed by atoms with Crippen LogP contribution in [-0.2, 0) is 4.74 Å². The molecule has 3 N–H and O–H groups in total. The second kappa shape index (κ2) is 2.12. The zero-order valence-electron chi connectivity index (χ0n) is 6.35. The highest BCUT2D eigenvalue weighted by atomic mass is 16.5. The van der Waals surface area contributed by atoms with Gasteiger partial charge in [0.2, 0.25) is 0 Å². The summed E-state index contributed by atoms with van der Waals surface area (Å²) < 4.78 is 5.16. The maximum absolute atomic E-state index is 7.05. The van der Waals surface area contributed by atoms with Crippen LogP contribution in [0.25, 0.3) is 0 Å². The van der Waals surface area contributed by atoms with Crippen LogP contribution >= 0.6 is 0 Å². The third kappa shape index (κ3) is 1.07. The lowest BCUT2D eigenvalue weighted by molar-refractivity contribution is -0.0835. The molecule has 0 aromatic rings. The van der Waals surface area contributed by atoms with Crippen molar-refractivity contribution >= 4 is 5.96 Å². The van der Waals surface area contributed by atoms with Gasteiger partial charge in [0.1, 0.15) is 5.60 Å². The monoisotopic (exact) mass is 143 g/mol. The maximum atomic E-state index is 7.05. The van der Waals surface area contributed by atoms with Crippen molar-refractivity contribution in [1.29, 1.82) is 5.41 Å². The summed E-state index contributed by atoms with van der Waals surface area (Å²) in [6, 6.07) is 0. The van der Waals surface area contributed by atoms with Crippen molar-refractivity contribution in [3.05, 3.63) is 0 Å². The average molecular weight is 143 g/mol. The molecule has 1 saturated heterocycles. The van der Waals surface area contributed by atoms with E-state index in [1.807, 2.05) is 6.92 Å². The van der Waals surface area contributed by atoms with Crippen molar-refractivity contribution in [2.45, 2.75) is 12.5 Å². The van der Waals surface area contributed by atoms with E-state index in [9.17, 15) is 0 Å². The number of nitrogens with two attached hydrogens (primary N) is 1. The Morgan fingerprint density at radius 3 is 2.50 bits per heavy atom. The van der Waals surface area contributed by atoms with E-state index >= 15 is 0 Å². The molecule has 0 spiro atoms. The number of ether oxygens (including phenoxy) is 1. The molecular formula is C6H13N3O. The number of rotatable bonds is 1. The summed E-state index contributed by atoms with van der Waals surface area (Å²) >= 11 is 0. The Morgan fingerprint density at radius 2 is 2.20 bits per heavy atom. The molecule has 0 aliphatic carbocycles. The van der Waals surface area contributed by atoms with Gasteiger partial charge in [0.05, 0.1) is 13.1 Å². The first-order valence-corrected chi connectivity index (χ1v) is 3.21. The maximum Gasteiger partial charge on any atom is 0.188 e. The molecule has 4 nitrogen and oxygen atoms in total. The zero-order chi connectivity index (χ0) is 7.78. The van der Waals surface area contributed by atoms with Crippen LogP contribution in [-0.4, -0.2) is 36.7 Å². The Kier molecular flexibility index (Phi) is 1.56. The van der Waals surface area contributed by atoms with E-state index in [4.69, 9.17) is 15.9 Å². The average Bonchev–Trinajstić information content (AvgIpc) is 1.80. The van der Waals surface area contributed by atoms with Crippen LogP contribution in [0.15, 0.2) is 0 Å². The molecule has 1 heterocycles.